The lowest BCUT2D eigenvalue weighted by Crippen LogP contribution is -2.28. The third-order valence-corrected chi connectivity index (χ3v) is 5.93. The van der Waals surface area contributed by atoms with Crippen LogP contribution in [0.1, 0.15) is 24.3 Å². The van der Waals surface area contributed by atoms with Crippen LogP contribution in [0.25, 0.3) is 11.4 Å². The minimum absolute atomic E-state index is 0.0715. The first-order valence-corrected chi connectivity index (χ1v) is 11.2. The molecule has 0 saturated heterocycles. The molecule has 1 atom stereocenters. The fourth-order valence-electron chi connectivity index (χ4n) is 3.36. The van der Waals surface area contributed by atoms with Gasteiger partial charge in [0.15, 0.2) is 11.0 Å². The molecule has 0 aliphatic heterocycles. The van der Waals surface area contributed by atoms with Crippen LogP contribution < -0.4 is 10.1 Å². The molecule has 0 bridgehead atoms. The number of amides is 1. The lowest BCUT2D eigenvalue weighted by molar-refractivity contribution is -0.119. The van der Waals surface area contributed by atoms with Crippen molar-refractivity contribution in [2.45, 2.75) is 24.7 Å². The molecule has 4 rings (SSSR count). The van der Waals surface area contributed by atoms with E-state index in [-0.39, 0.29) is 17.7 Å². The van der Waals surface area contributed by atoms with E-state index in [4.69, 9.17) is 9.15 Å². The minimum atomic E-state index is -0.0746. The molecule has 164 valence electrons. The molecule has 0 spiro atoms. The molecule has 32 heavy (non-hydrogen) atoms. The molecule has 2 aromatic heterocycles. The van der Waals surface area contributed by atoms with Gasteiger partial charge in [0, 0.05) is 0 Å². The van der Waals surface area contributed by atoms with E-state index in [1.54, 1.807) is 13.4 Å². The van der Waals surface area contributed by atoms with Crippen LogP contribution in [0.3, 0.4) is 0 Å². The zero-order valence-electron chi connectivity index (χ0n) is 17.9. The molecule has 1 amide bonds. The van der Waals surface area contributed by atoms with Gasteiger partial charge in [-0.25, -0.2) is 0 Å². The van der Waals surface area contributed by atoms with Crippen molar-refractivity contribution in [3.05, 3.63) is 84.3 Å². The molecule has 0 aliphatic rings. The van der Waals surface area contributed by atoms with E-state index in [0.29, 0.717) is 23.3 Å². The van der Waals surface area contributed by atoms with Crippen molar-refractivity contribution in [3.8, 4) is 17.1 Å². The lowest BCUT2D eigenvalue weighted by Gasteiger charge is -2.14. The largest absolute Gasteiger partial charge is 0.496 e. The third kappa shape index (κ3) is 5.03. The summed E-state index contributed by atoms with van der Waals surface area (Å²) in [6, 6.07) is 21.2. The number of hydrogen-bond acceptors (Lipinski definition) is 6. The van der Waals surface area contributed by atoms with Gasteiger partial charge in [-0.2, -0.15) is 0 Å². The normalized spacial score (nSPS) is 11.8. The topological polar surface area (TPSA) is 82.2 Å². The average molecular weight is 449 g/mol. The van der Waals surface area contributed by atoms with Gasteiger partial charge in [-0.3, -0.25) is 9.36 Å². The summed E-state index contributed by atoms with van der Waals surface area (Å²) < 4.78 is 13.0. The Balaban J connectivity index is 1.53. The highest BCUT2D eigenvalue weighted by atomic mass is 32.2. The van der Waals surface area contributed by atoms with Gasteiger partial charge in [-0.15, -0.1) is 10.2 Å². The van der Waals surface area contributed by atoms with Crippen molar-refractivity contribution >= 4 is 17.7 Å². The Bertz CT molecular complexity index is 1160. The van der Waals surface area contributed by atoms with E-state index in [0.717, 1.165) is 16.9 Å². The zero-order valence-corrected chi connectivity index (χ0v) is 18.7. The Morgan fingerprint density at radius 3 is 2.62 bits per heavy atom. The van der Waals surface area contributed by atoms with E-state index in [1.807, 2.05) is 78.2 Å². The van der Waals surface area contributed by atoms with E-state index >= 15 is 0 Å². The second kappa shape index (κ2) is 10.2. The molecule has 2 heterocycles. The van der Waals surface area contributed by atoms with Gasteiger partial charge in [-0.1, -0.05) is 54.2 Å². The summed E-state index contributed by atoms with van der Waals surface area (Å²) >= 11 is 1.34. The molecule has 0 radical (unpaired) electrons. The number of aromatic nitrogens is 3. The van der Waals surface area contributed by atoms with Crippen LogP contribution in [0.2, 0.25) is 0 Å². The van der Waals surface area contributed by atoms with Crippen LogP contribution in [-0.2, 0) is 11.3 Å². The summed E-state index contributed by atoms with van der Waals surface area (Å²) in [6.07, 6.45) is 1.63. The lowest BCUT2D eigenvalue weighted by atomic mass is 10.1. The SMILES string of the molecule is COc1ccccc1-c1nnc(SCC(=O)N[C@H](C)c2ccccc2)n1Cc1ccco1. The fraction of sp³-hybridized carbons (Fsp3) is 0.208. The summed E-state index contributed by atoms with van der Waals surface area (Å²) in [7, 11) is 1.62. The Kier molecular flexibility index (Phi) is 6.91. The van der Waals surface area contributed by atoms with Crippen molar-refractivity contribution in [3.63, 3.8) is 0 Å². The Hall–Kier alpha value is -3.52. The Morgan fingerprint density at radius 2 is 1.88 bits per heavy atom. The van der Waals surface area contributed by atoms with Crippen LogP contribution >= 0.6 is 11.8 Å². The molecule has 0 unspecified atom stereocenters. The number of carbonyl (C=O) groups is 1. The number of ether oxygens (including phenoxy) is 1. The summed E-state index contributed by atoms with van der Waals surface area (Å²) in [4.78, 5) is 12.6. The summed E-state index contributed by atoms with van der Waals surface area (Å²) in [5.74, 6) is 2.27. The van der Waals surface area contributed by atoms with Crippen LogP contribution in [0.4, 0.5) is 0 Å². The predicted octanol–water partition coefficient (Wildman–Crippen LogP) is 4.56. The first kappa shape index (κ1) is 21.7. The standard InChI is InChI=1S/C24H24N4O3S/c1-17(18-9-4-3-5-10-18)25-22(29)16-32-24-27-26-23(20-12-6-7-13-21(20)30-2)28(24)15-19-11-8-14-31-19/h3-14,17H,15-16H2,1-2H3,(H,25,29)/t17-/m1/s1. The minimum Gasteiger partial charge on any atom is -0.496 e. The summed E-state index contributed by atoms with van der Waals surface area (Å²) in [6.45, 7) is 2.41. The number of benzene rings is 2. The number of methoxy groups -OCH3 is 1. The number of thioether (sulfide) groups is 1. The number of para-hydroxylation sites is 1. The highest BCUT2D eigenvalue weighted by Crippen LogP contribution is 2.31. The maximum Gasteiger partial charge on any atom is 0.230 e. The number of carbonyl (C=O) groups excluding carboxylic acids is 1. The zero-order chi connectivity index (χ0) is 22.3. The number of hydrogen-bond donors (Lipinski definition) is 1. The molecule has 0 saturated carbocycles. The van der Waals surface area contributed by atoms with Crippen molar-refractivity contribution in [1.29, 1.82) is 0 Å². The van der Waals surface area contributed by atoms with E-state index in [9.17, 15) is 4.79 Å². The van der Waals surface area contributed by atoms with Gasteiger partial charge in [0.25, 0.3) is 0 Å². The highest BCUT2D eigenvalue weighted by molar-refractivity contribution is 7.99. The maximum absolute atomic E-state index is 12.6. The number of rotatable bonds is 9. The molecule has 4 aromatic rings. The molecular weight excluding hydrogens is 424 g/mol. The smallest absolute Gasteiger partial charge is 0.230 e. The molecular formula is C24H24N4O3S. The molecule has 0 fully saturated rings. The monoisotopic (exact) mass is 448 g/mol. The van der Waals surface area contributed by atoms with E-state index in [1.165, 1.54) is 11.8 Å². The van der Waals surface area contributed by atoms with Crippen LogP contribution in [0.5, 0.6) is 5.75 Å². The number of nitrogens with one attached hydrogen (secondary N) is 1. The summed E-state index contributed by atoms with van der Waals surface area (Å²) in [5, 5.41) is 12.4. The summed E-state index contributed by atoms with van der Waals surface area (Å²) in [5.41, 5.74) is 1.88. The third-order valence-electron chi connectivity index (χ3n) is 4.97. The molecule has 0 aliphatic carbocycles. The number of furan rings is 1. The van der Waals surface area contributed by atoms with Gasteiger partial charge >= 0.3 is 0 Å². The molecule has 2 aromatic carbocycles. The molecule has 7 nitrogen and oxygen atoms in total. The second-order valence-electron chi connectivity index (χ2n) is 7.16. The quantitative estimate of drug-likeness (QED) is 0.378. The van der Waals surface area contributed by atoms with Gasteiger partial charge in [0.05, 0.1) is 37.3 Å². The predicted molar refractivity (Wildman–Crippen MR) is 124 cm³/mol. The number of nitrogens with zero attached hydrogens (tertiary/aromatic N) is 3. The van der Waals surface area contributed by atoms with Gasteiger partial charge in [0.1, 0.15) is 11.5 Å². The van der Waals surface area contributed by atoms with Gasteiger partial charge in [0.2, 0.25) is 5.91 Å². The van der Waals surface area contributed by atoms with Crippen LogP contribution in [0, 0.1) is 0 Å². The van der Waals surface area contributed by atoms with Gasteiger partial charge < -0.3 is 14.5 Å². The van der Waals surface area contributed by atoms with Crippen LogP contribution in [-0.4, -0.2) is 33.5 Å². The van der Waals surface area contributed by atoms with E-state index < -0.39 is 0 Å². The molecule has 8 heteroatoms. The van der Waals surface area contributed by atoms with Crippen molar-refractivity contribution < 1.29 is 13.9 Å². The van der Waals surface area contributed by atoms with Crippen LogP contribution in [0.15, 0.2) is 82.6 Å². The Morgan fingerprint density at radius 1 is 1.09 bits per heavy atom. The Labute approximate surface area is 190 Å². The first-order chi connectivity index (χ1) is 15.7. The molecule has 1 N–H and O–H groups in total. The van der Waals surface area contributed by atoms with Crippen molar-refractivity contribution in [2.24, 2.45) is 0 Å². The fourth-order valence-corrected chi connectivity index (χ4v) is 4.11. The van der Waals surface area contributed by atoms with E-state index in [2.05, 4.69) is 15.5 Å². The highest BCUT2D eigenvalue weighted by Gasteiger charge is 2.20. The van der Waals surface area contributed by atoms with Crippen molar-refractivity contribution in [2.75, 3.05) is 12.9 Å². The van der Waals surface area contributed by atoms with Gasteiger partial charge in [-0.05, 0) is 36.8 Å². The first-order valence-electron chi connectivity index (χ1n) is 10.2. The van der Waals surface area contributed by atoms with Crippen molar-refractivity contribution in [1.82, 2.24) is 20.1 Å². The average Bonchev–Trinajstić information content (AvgIpc) is 3.48. The maximum atomic E-state index is 12.6. The second-order valence-corrected chi connectivity index (χ2v) is 8.10.